The van der Waals surface area contributed by atoms with Crippen molar-refractivity contribution in [2.75, 3.05) is 0 Å². The Morgan fingerprint density at radius 2 is 1.50 bits per heavy atom. The molecule has 3 N–H and O–H groups in total. The fourth-order valence-electron chi connectivity index (χ4n) is 2.78. The van der Waals surface area contributed by atoms with Crippen LogP contribution in [0.5, 0.6) is 11.5 Å². The highest BCUT2D eigenvalue weighted by molar-refractivity contribution is 5.36. The van der Waals surface area contributed by atoms with Crippen LogP contribution in [0.2, 0.25) is 0 Å². The Hall–Kier alpha value is -2.28. The van der Waals surface area contributed by atoms with Crippen LogP contribution >= 0.6 is 0 Å². The summed E-state index contributed by atoms with van der Waals surface area (Å²) < 4.78 is 53.8. The lowest BCUT2D eigenvalue weighted by atomic mass is 9.82. The zero-order chi connectivity index (χ0) is 21.5. The predicted octanol–water partition coefficient (Wildman–Crippen LogP) is 5.68. The van der Waals surface area contributed by atoms with Gasteiger partial charge in [0.2, 0.25) is 0 Å². The van der Waals surface area contributed by atoms with Gasteiger partial charge in [0.05, 0.1) is 0 Å². The number of alkyl halides is 3. The normalized spacial score (nSPS) is 14.6. The van der Waals surface area contributed by atoms with Crippen molar-refractivity contribution in [3.63, 3.8) is 0 Å². The maximum Gasteiger partial charge on any atom is 0.417 e. The number of hydrogen-bond acceptors (Lipinski definition) is 3. The predicted molar refractivity (Wildman–Crippen MR) is 99.9 cm³/mol. The number of benzene rings is 2. The Labute approximate surface area is 162 Å². The zero-order valence-corrected chi connectivity index (χ0v) is 16.1. The topological polar surface area (TPSA) is 60.7 Å². The maximum absolute atomic E-state index is 13.5. The van der Waals surface area contributed by atoms with Gasteiger partial charge < -0.3 is 15.3 Å². The summed E-state index contributed by atoms with van der Waals surface area (Å²) in [6.07, 6.45) is -5.16. The highest BCUT2D eigenvalue weighted by Crippen LogP contribution is 2.42. The second kappa shape index (κ2) is 9.78. The van der Waals surface area contributed by atoms with Crippen LogP contribution in [-0.4, -0.2) is 27.1 Å². The first-order valence-corrected chi connectivity index (χ1v) is 8.99. The summed E-state index contributed by atoms with van der Waals surface area (Å²) >= 11 is 0. The molecule has 0 spiro atoms. The molecule has 0 aliphatic carbocycles. The van der Waals surface area contributed by atoms with E-state index in [2.05, 4.69) is 13.8 Å². The molecule has 0 bridgehead atoms. The van der Waals surface area contributed by atoms with Crippen LogP contribution in [0.4, 0.5) is 17.6 Å². The van der Waals surface area contributed by atoms with Gasteiger partial charge in [-0.25, -0.2) is 4.39 Å². The summed E-state index contributed by atoms with van der Waals surface area (Å²) in [5, 5.41) is 29.3. The number of hydrogen-bond donors (Lipinski definition) is 3. The van der Waals surface area contributed by atoms with E-state index in [0.29, 0.717) is 0 Å². The molecule has 2 rings (SSSR count). The first-order valence-electron chi connectivity index (χ1n) is 8.99. The quantitative estimate of drug-likeness (QED) is 0.564. The molecule has 0 aromatic heterocycles. The van der Waals surface area contributed by atoms with Gasteiger partial charge in [0.1, 0.15) is 17.3 Å². The molecule has 0 heterocycles. The lowest BCUT2D eigenvalue weighted by Gasteiger charge is -2.33. The molecule has 2 atom stereocenters. The summed E-state index contributed by atoms with van der Waals surface area (Å²) in [5.41, 5.74) is -2.89. The summed E-state index contributed by atoms with van der Waals surface area (Å²) in [6, 6.07) is 8.05. The second-order valence-electron chi connectivity index (χ2n) is 6.89. The molecule has 2 aromatic carbocycles. The Morgan fingerprint density at radius 3 is 2.00 bits per heavy atom. The Morgan fingerprint density at radius 1 is 0.964 bits per heavy atom. The molecule has 7 heteroatoms. The van der Waals surface area contributed by atoms with E-state index in [4.69, 9.17) is 0 Å². The summed E-state index contributed by atoms with van der Waals surface area (Å²) in [5.74, 6) is -2.06. The Balaban J connectivity index is 0.00000122. The molecular weight excluding hydrogens is 376 g/mol. The summed E-state index contributed by atoms with van der Waals surface area (Å²) in [6.45, 7) is 5.63. The largest absolute Gasteiger partial charge is 0.508 e. The maximum atomic E-state index is 13.5. The third-order valence-corrected chi connectivity index (χ3v) is 4.12. The Kier molecular flexibility index (Phi) is 8.29. The van der Waals surface area contributed by atoms with Crippen LogP contribution in [0.1, 0.15) is 50.7 Å². The second-order valence-corrected chi connectivity index (χ2v) is 6.89. The fraction of sp³-hybridized carbons (Fsp3) is 0.429. The SMILES string of the molecule is CC(CC(O)(Cc1ccc(O)cc1)C(F)(F)F)c1cc(F)ccc1O.CCC. The molecule has 0 amide bonds. The summed E-state index contributed by atoms with van der Waals surface area (Å²) in [4.78, 5) is 0. The van der Waals surface area contributed by atoms with Crippen molar-refractivity contribution in [3.8, 4) is 11.5 Å². The van der Waals surface area contributed by atoms with Gasteiger partial charge in [-0.3, -0.25) is 0 Å². The zero-order valence-electron chi connectivity index (χ0n) is 16.1. The summed E-state index contributed by atoms with van der Waals surface area (Å²) in [7, 11) is 0. The van der Waals surface area contributed by atoms with E-state index in [0.717, 1.165) is 18.2 Å². The third kappa shape index (κ3) is 6.41. The van der Waals surface area contributed by atoms with Gasteiger partial charge in [-0.2, -0.15) is 13.2 Å². The average Bonchev–Trinajstić information content (AvgIpc) is 2.58. The van der Waals surface area contributed by atoms with Gasteiger partial charge in [-0.05, 0) is 53.8 Å². The van der Waals surface area contributed by atoms with Crippen molar-refractivity contribution in [1.29, 1.82) is 0 Å². The molecule has 2 unspecified atom stereocenters. The minimum atomic E-state index is -4.93. The van der Waals surface area contributed by atoms with Crippen molar-refractivity contribution < 1.29 is 32.9 Å². The van der Waals surface area contributed by atoms with E-state index < -0.39 is 36.4 Å². The van der Waals surface area contributed by atoms with Gasteiger partial charge in [0.25, 0.3) is 0 Å². The van der Waals surface area contributed by atoms with Crippen LogP contribution in [0, 0.1) is 5.82 Å². The van der Waals surface area contributed by atoms with Gasteiger partial charge >= 0.3 is 6.18 Å². The molecule has 156 valence electrons. The highest BCUT2D eigenvalue weighted by Gasteiger charge is 2.54. The molecule has 28 heavy (non-hydrogen) atoms. The number of halogens is 4. The molecule has 0 aliphatic rings. The molecule has 3 nitrogen and oxygen atoms in total. The molecule has 0 saturated heterocycles. The van der Waals surface area contributed by atoms with Crippen molar-refractivity contribution in [1.82, 2.24) is 0 Å². The number of phenolic OH excluding ortho intramolecular Hbond substituents is 2. The number of phenols is 2. The van der Waals surface area contributed by atoms with Crippen molar-refractivity contribution in [2.45, 2.75) is 57.7 Å². The first kappa shape index (κ1) is 23.8. The van der Waals surface area contributed by atoms with Gasteiger partial charge in [-0.15, -0.1) is 0 Å². The van der Waals surface area contributed by atoms with Crippen LogP contribution in [-0.2, 0) is 6.42 Å². The monoisotopic (exact) mass is 402 g/mol. The lowest BCUT2D eigenvalue weighted by Crippen LogP contribution is -2.48. The van der Waals surface area contributed by atoms with Crippen molar-refractivity contribution in [3.05, 3.63) is 59.4 Å². The fourth-order valence-corrected chi connectivity index (χ4v) is 2.78. The molecule has 0 radical (unpaired) electrons. The van der Waals surface area contributed by atoms with E-state index in [-0.39, 0.29) is 22.6 Å². The smallest absolute Gasteiger partial charge is 0.417 e. The minimum Gasteiger partial charge on any atom is -0.508 e. The first-order chi connectivity index (χ1) is 12.9. The number of aromatic hydroxyl groups is 2. The molecule has 0 aliphatic heterocycles. The van der Waals surface area contributed by atoms with E-state index in [1.165, 1.54) is 37.6 Å². The van der Waals surface area contributed by atoms with Crippen LogP contribution in [0.15, 0.2) is 42.5 Å². The van der Waals surface area contributed by atoms with Crippen molar-refractivity contribution in [2.24, 2.45) is 0 Å². The van der Waals surface area contributed by atoms with Crippen LogP contribution in [0.3, 0.4) is 0 Å². The van der Waals surface area contributed by atoms with E-state index >= 15 is 0 Å². The molecule has 0 saturated carbocycles. The minimum absolute atomic E-state index is 0.00613. The molecular formula is C21H26F4O3. The number of aliphatic hydroxyl groups is 1. The van der Waals surface area contributed by atoms with Crippen LogP contribution < -0.4 is 0 Å². The van der Waals surface area contributed by atoms with Gasteiger partial charge in [-0.1, -0.05) is 39.3 Å². The van der Waals surface area contributed by atoms with E-state index in [9.17, 15) is 32.9 Å². The number of rotatable bonds is 5. The lowest BCUT2D eigenvalue weighted by molar-refractivity contribution is -0.263. The van der Waals surface area contributed by atoms with Gasteiger partial charge in [0.15, 0.2) is 5.60 Å². The molecule has 0 fully saturated rings. The average molecular weight is 402 g/mol. The van der Waals surface area contributed by atoms with E-state index in [1.807, 2.05) is 0 Å². The van der Waals surface area contributed by atoms with Gasteiger partial charge in [0, 0.05) is 6.42 Å². The van der Waals surface area contributed by atoms with Crippen LogP contribution in [0.25, 0.3) is 0 Å². The van der Waals surface area contributed by atoms with E-state index in [1.54, 1.807) is 0 Å². The third-order valence-electron chi connectivity index (χ3n) is 4.12. The molecule has 2 aromatic rings. The van der Waals surface area contributed by atoms with Crippen molar-refractivity contribution >= 4 is 0 Å². The highest BCUT2D eigenvalue weighted by atomic mass is 19.4. The Bertz CT molecular complexity index is 744. The standard InChI is InChI=1S/C18H18F4O3.C3H8/c1-11(15-8-13(19)4-7-16(15)24)9-17(25,18(20,21)22)10-12-2-5-14(23)6-3-12;1-3-2/h2-8,11,23-25H,9-10H2,1H3;3H2,1-2H3.